The zero-order valence-electron chi connectivity index (χ0n) is 10.7. The van der Waals surface area contributed by atoms with E-state index in [2.05, 4.69) is 28.3 Å². The number of fused-ring (bicyclic) bond motifs is 2. The minimum absolute atomic E-state index is 0.164. The summed E-state index contributed by atoms with van der Waals surface area (Å²) in [5.74, 6) is 1.39. The van der Waals surface area contributed by atoms with Gasteiger partial charge in [-0.05, 0) is 19.4 Å². The van der Waals surface area contributed by atoms with E-state index in [0.29, 0.717) is 5.92 Å². The summed E-state index contributed by atoms with van der Waals surface area (Å²) in [7, 11) is 0. The largest absolute Gasteiger partial charge is 0.376 e. The summed E-state index contributed by atoms with van der Waals surface area (Å²) in [5.41, 5.74) is 6.22. The van der Waals surface area contributed by atoms with Gasteiger partial charge < -0.3 is 15.8 Å². The van der Waals surface area contributed by atoms with Crippen molar-refractivity contribution in [1.82, 2.24) is 9.97 Å². The van der Waals surface area contributed by atoms with Crippen molar-refractivity contribution in [3.05, 3.63) is 17.3 Å². The number of ether oxygens (including phenoxy) is 1. The predicted molar refractivity (Wildman–Crippen MR) is 75.4 cm³/mol. The third kappa shape index (κ3) is 1.67. The van der Waals surface area contributed by atoms with E-state index in [1.807, 2.05) is 0 Å². The molecule has 3 N–H and O–H groups in total. The molecular formula is C13H16N4OS. The molecule has 4 rings (SSSR count). The lowest BCUT2D eigenvalue weighted by atomic mass is 9.72. The second kappa shape index (κ2) is 4.13. The summed E-state index contributed by atoms with van der Waals surface area (Å²) in [6.07, 6.45) is 2.94. The van der Waals surface area contributed by atoms with Crippen molar-refractivity contribution in [2.75, 3.05) is 11.9 Å². The Morgan fingerprint density at radius 1 is 1.47 bits per heavy atom. The lowest BCUT2D eigenvalue weighted by Gasteiger charge is -2.45. The summed E-state index contributed by atoms with van der Waals surface area (Å²) in [4.78, 5) is 10.9. The molecule has 4 atom stereocenters. The normalized spacial score (nSPS) is 33.2. The maximum Gasteiger partial charge on any atom is 0.138 e. The first-order chi connectivity index (χ1) is 9.24. The molecule has 1 saturated heterocycles. The van der Waals surface area contributed by atoms with Gasteiger partial charge in [0.15, 0.2) is 0 Å². The maximum absolute atomic E-state index is 6.22. The topological polar surface area (TPSA) is 73.1 Å². The van der Waals surface area contributed by atoms with Gasteiger partial charge in [0, 0.05) is 23.4 Å². The molecule has 0 radical (unpaired) electrons. The maximum atomic E-state index is 6.22. The van der Waals surface area contributed by atoms with Gasteiger partial charge in [-0.15, -0.1) is 11.3 Å². The van der Waals surface area contributed by atoms with Crippen LogP contribution in [0.25, 0.3) is 10.2 Å². The molecule has 6 heteroatoms. The molecule has 3 heterocycles. The van der Waals surface area contributed by atoms with Crippen LogP contribution in [0, 0.1) is 12.8 Å². The predicted octanol–water partition coefficient (Wildman–Crippen LogP) is 1.53. The van der Waals surface area contributed by atoms with Crippen molar-refractivity contribution in [2.45, 2.75) is 31.5 Å². The third-order valence-corrected chi connectivity index (χ3v) is 5.16. The summed E-state index contributed by atoms with van der Waals surface area (Å²) in [6, 6.07) is 2.46. The van der Waals surface area contributed by atoms with E-state index < -0.39 is 0 Å². The number of nitrogens with two attached hydrogens (primary N) is 1. The van der Waals surface area contributed by atoms with Gasteiger partial charge in [-0.2, -0.15) is 0 Å². The first-order valence-corrected chi connectivity index (χ1v) is 7.40. The van der Waals surface area contributed by atoms with Gasteiger partial charge in [-0.25, -0.2) is 9.97 Å². The fourth-order valence-corrected chi connectivity index (χ4v) is 4.02. The molecule has 0 spiro atoms. The average Bonchev–Trinajstić information content (AvgIpc) is 2.98. The summed E-state index contributed by atoms with van der Waals surface area (Å²) >= 11 is 1.69. The highest BCUT2D eigenvalue weighted by Gasteiger charge is 2.52. The summed E-state index contributed by atoms with van der Waals surface area (Å²) in [6.45, 7) is 2.92. The van der Waals surface area contributed by atoms with E-state index in [9.17, 15) is 0 Å². The number of aromatic nitrogens is 2. The standard InChI is InChI=1S/C13H16N4OS/c1-6-4-8-12(15-5-16-13(8)19-6)17-10-9(14)7-2-3-18-11(7)10/h4-5,7,9-11H,2-3,14H2,1H3,(H,15,16,17). The fourth-order valence-electron chi connectivity index (χ4n) is 3.18. The van der Waals surface area contributed by atoms with Crippen LogP contribution in [0.3, 0.4) is 0 Å². The van der Waals surface area contributed by atoms with Crippen molar-refractivity contribution in [1.29, 1.82) is 0 Å². The Balaban J connectivity index is 1.65. The molecular weight excluding hydrogens is 260 g/mol. The van der Waals surface area contributed by atoms with Crippen LogP contribution in [0.1, 0.15) is 11.3 Å². The van der Waals surface area contributed by atoms with Crippen LogP contribution in [0.5, 0.6) is 0 Å². The Hall–Kier alpha value is -1.24. The zero-order valence-corrected chi connectivity index (χ0v) is 11.5. The number of anilines is 1. The Labute approximate surface area is 115 Å². The molecule has 5 nitrogen and oxygen atoms in total. The van der Waals surface area contributed by atoms with Gasteiger partial charge in [0.1, 0.15) is 17.0 Å². The van der Waals surface area contributed by atoms with Crippen molar-refractivity contribution in [2.24, 2.45) is 11.7 Å². The quantitative estimate of drug-likeness (QED) is 0.870. The number of thiophene rings is 1. The first-order valence-electron chi connectivity index (χ1n) is 6.59. The van der Waals surface area contributed by atoms with E-state index in [1.165, 1.54) is 4.88 Å². The number of rotatable bonds is 2. The van der Waals surface area contributed by atoms with Crippen LogP contribution >= 0.6 is 11.3 Å². The molecule has 100 valence electrons. The number of hydrogen-bond donors (Lipinski definition) is 2. The fraction of sp³-hybridized carbons (Fsp3) is 0.538. The monoisotopic (exact) mass is 276 g/mol. The molecule has 1 aliphatic heterocycles. The van der Waals surface area contributed by atoms with E-state index >= 15 is 0 Å². The Bertz CT molecular complexity index is 628. The minimum Gasteiger partial charge on any atom is -0.376 e. The smallest absolute Gasteiger partial charge is 0.138 e. The molecule has 2 aromatic heterocycles. The third-order valence-electron chi connectivity index (χ3n) is 4.20. The number of hydrogen-bond acceptors (Lipinski definition) is 6. The van der Waals surface area contributed by atoms with Gasteiger partial charge in [0.05, 0.1) is 17.5 Å². The molecule has 0 aromatic carbocycles. The molecule has 2 aliphatic rings. The van der Waals surface area contributed by atoms with Crippen molar-refractivity contribution < 1.29 is 4.74 Å². The SMILES string of the molecule is Cc1cc2c(NC3C(N)C4CCOC43)ncnc2s1. The van der Waals surface area contributed by atoms with Crippen LogP contribution in [0.2, 0.25) is 0 Å². The molecule has 0 amide bonds. The average molecular weight is 276 g/mol. The first kappa shape index (κ1) is 11.6. The van der Waals surface area contributed by atoms with Crippen LogP contribution in [0.15, 0.2) is 12.4 Å². The molecule has 2 aromatic rings. The van der Waals surface area contributed by atoms with Gasteiger partial charge >= 0.3 is 0 Å². The minimum atomic E-state index is 0.164. The zero-order chi connectivity index (χ0) is 13.0. The van der Waals surface area contributed by atoms with E-state index in [-0.39, 0.29) is 18.2 Å². The number of nitrogens with one attached hydrogen (secondary N) is 1. The van der Waals surface area contributed by atoms with Crippen LogP contribution in [-0.4, -0.2) is 34.8 Å². The van der Waals surface area contributed by atoms with E-state index in [4.69, 9.17) is 10.5 Å². The Morgan fingerprint density at radius 3 is 3.26 bits per heavy atom. The van der Waals surface area contributed by atoms with Gasteiger partial charge in [0.2, 0.25) is 0 Å². The highest BCUT2D eigenvalue weighted by molar-refractivity contribution is 7.18. The Kier molecular flexibility index (Phi) is 2.51. The molecule has 19 heavy (non-hydrogen) atoms. The summed E-state index contributed by atoms with van der Waals surface area (Å²) in [5, 5.41) is 4.54. The Morgan fingerprint density at radius 2 is 2.37 bits per heavy atom. The molecule has 4 unspecified atom stereocenters. The number of nitrogens with zero attached hydrogens (tertiary/aromatic N) is 2. The second-order valence-corrected chi connectivity index (χ2v) is 6.57. The molecule has 1 aliphatic carbocycles. The van der Waals surface area contributed by atoms with Crippen LogP contribution in [-0.2, 0) is 4.74 Å². The molecule has 1 saturated carbocycles. The van der Waals surface area contributed by atoms with Crippen molar-refractivity contribution in [3.8, 4) is 0 Å². The lowest BCUT2D eigenvalue weighted by molar-refractivity contribution is 0.00529. The second-order valence-electron chi connectivity index (χ2n) is 5.33. The van der Waals surface area contributed by atoms with Crippen molar-refractivity contribution >= 4 is 27.4 Å². The molecule has 2 fully saturated rings. The van der Waals surface area contributed by atoms with E-state index in [0.717, 1.165) is 29.1 Å². The van der Waals surface area contributed by atoms with Gasteiger partial charge in [0.25, 0.3) is 0 Å². The van der Waals surface area contributed by atoms with Crippen LogP contribution in [0.4, 0.5) is 5.82 Å². The lowest BCUT2D eigenvalue weighted by Crippen LogP contribution is -2.65. The van der Waals surface area contributed by atoms with Gasteiger partial charge in [-0.3, -0.25) is 0 Å². The number of aryl methyl sites for hydroxylation is 1. The highest BCUT2D eigenvalue weighted by atomic mass is 32.1. The van der Waals surface area contributed by atoms with Crippen molar-refractivity contribution in [3.63, 3.8) is 0 Å². The molecule has 0 bridgehead atoms. The highest BCUT2D eigenvalue weighted by Crippen LogP contribution is 2.40. The van der Waals surface area contributed by atoms with E-state index in [1.54, 1.807) is 17.7 Å². The summed E-state index contributed by atoms with van der Waals surface area (Å²) < 4.78 is 5.74. The van der Waals surface area contributed by atoms with Crippen LogP contribution < -0.4 is 11.1 Å². The van der Waals surface area contributed by atoms with Gasteiger partial charge in [-0.1, -0.05) is 0 Å².